The lowest BCUT2D eigenvalue weighted by molar-refractivity contribution is 0.0699. The SMILES string of the molecule is CNCc1ccccc1S(=O)(=O)NCCCOCCOC. The summed E-state index contributed by atoms with van der Waals surface area (Å²) in [5.41, 5.74) is 0.754. The molecule has 0 bridgehead atoms. The summed E-state index contributed by atoms with van der Waals surface area (Å²) < 4.78 is 37.3. The molecule has 1 rings (SSSR count). The minimum atomic E-state index is -3.48. The van der Waals surface area contributed by atoms with E-state index in [1.165, 1.54) is 0 Å². The second-order valence-electron chi connectivity index (χ2n) is 4.49. The van der Waals surface area contributed by atoms with Gasteiger partial charge in [0.15, 0.2) is 0 Å². The zero-order valence-electron chi connectivity index (χ0n) is 12.6. The monoisotopic (exact) mass is 316 g/mol. The first-order valence-electron chi connectivity index (χ1n) is 6.90. The van der Waals surface area contributed by atoms with E-state index < -0.39 is 10.0 Å². The Kier molecular flexibility index (Phi) is 8.48. The fraction of sp³-hybridized carbons (Fsp3) is 0.571. The van der Waals surface area contributed by atoms with Crippen molar-refractivity contribution in [2.75, 3.05) is 40.5 Å². The fourth-order valence-corrected chi connectivity index (χ4v) is 3.12. The molecule has 0 spiro atoms. The van der Waals surface area contributed by atoms with Crippen LogP contribution in [0.1, 0.15) is 12.0 Å². The molecule has 0 saturated carbocycles. The summed E-state index contributed by atoms with van der Waals surface area (Å²) in [5.74, 6) is 0. The number of sulfonamides is 1. The van der Waals surface area contributed by atoms with Gasteiger partial charge in [0.05, 0.1) is 18.1 Å². The highest BCUT2D eigenvalue weighted by Crippen LogP contribution is 2.14. The van der Waals surface area contributed by atoms with Crippen molar-refractivity contribution in [2.45, 2.75) is 17.9 Å². The van der Waals surface area contributed by atoms with Crippen molar-refractivity contribution in [3.05, 3.63) is 29.8 Å². The van der Waals surface area contributed by atoms with Crippen molar-refractivity contribution in [3.63, 3.8) is 0 Å². The second-order valence-corrected chi connectivity index (χ2v) is 6.23. The quantitative estimate of drug-likeness (QED) is 0.589. The van der Waals surface area contributed by atoms with Gasteiger partial charge in [0, 0.05) is 26.8 Å². The average molecular weight is 316 g/mol. The lowest BCUT2D eigenvalue weighted by atomic mass is 10.2. The summed E-state index contributed by atoms with van der Waals surface area (Å²) in [6.45, 7) is 2.43. The van der Waals surface area contributed by atoms with Crippen LogP contribution in [0.15, 0.2) is 29.2 Å². The molecule has 0 fully saturated rings. The van der Waals surface area contributed by atoms with Crippen molar-refractivity contribution in [3.8, 4) is 0 Å². The maximum absolute atomic E-state index is 12.3. The number of nitrogens with one attached hydrogen (secondary N) is 2. The summed E-state index contributed by atoms with van der Waals surface area (Å²) in [4.78, 5) is 0.319. The van der Waals surface area contributed by atoms with Crippen LogP contribution >= 0.6 is 0 Å². The van der Waals surface area contributed by atoms with Gasteiger partial charge in [-0.3, -0.25) is 0 Å². The van der Waals surface area contributed by atoms with E-state index in [0.29, 0.717) is 44.2 Å². The average Bonchev–Trinajstić information content (AvgIpc) is 2.47. The van der Waals surface area contributed by atoms with Crippen LogP contribution in [0.2, 0.25) is 0 Å². The van der Waals surface area contributed by atoms with Gasteiger partial charge in [-0.2, -0.15) is 0 Å². The first-order chi connectivity index (χ1) is 10.1. The van der Waals surface area contributed by atoms with Crippen LogP contribution in [-0.4, -0.2) is 48.9 Å². The normalized spacial score (nSPS) is 11.7. The van der Waals surface area contributed by atoms with Crippen molar-refractivity contribution in [2.24, 2.45) is 0 Å². The van der Waals surface area contributed by atoms with Crippen LogP contribution in [0.5, 0.6) is 0 Å². The molecule has 1 aromatic rings. The maximum Gasteiger partial charge on any atom is 0.240 e. The molecule has 0 atom stereocenters. The molecule has 7 heteroatoms. The van der Waals surface area contributed by atoms with Gasteiger partial charge in [-0.05, 0) is 25.1 Å². The van der Waals surface area contributed by atoms with Crippen LogP contribution in [0.3, 0.4) is 0 Å². The molecule has 0 amide bonds. The Balaban J connectivity index is 2.46. The Morgan fingerprint density at radius 1 is 1.14 bits per heavy atom. The number of hydrogen-bond donors (Lipinski definition) is 2. The van der Waals surface area contributed by atoms with Crippen LogP contribution in [0.25, 0.3) is 0 Å². The summed E-state index contributed by atoms with van der Waals surface area (Å²) in [6, 6.07) is 6.97. The molecule has 21 heavy (non-hydrogen) atoms. The van der Waals surface area contributed by atoms with E-state index >= 15 is 0 Å². The zero-order valence-corrected chi connectivity index (χ0v) is 13.4. The van der Waals surface area contributed by atoms with Gasteiger partial charge >= 0.3 is 0 Å². The molecule has 2 N–H and O–H groups in total. The van der Waals surface area contributed by atoms with Crippen LogP contribution in [0.4, 0.5) is 0 Å². The van der Waals surface area contributed by atoms with Gasteiger partial charge in [0.2, 0.25) is 10.0 Å². The van der Waals surface area contributed by atoms with E-state index in [4.69, 9.17) is 9.47 Å². The van der Waals surface area contributed by atoms with Gasteiger partial charge in [-0.25, -0.2) is 13.1 Å². The Bertz CT molecular complexity index is 505. The minimum absolute atomic E-state index is 0.319. The molecular weight excluding hydrogens is 292 g/mol. The second kappa shape index (κ2) is 9.86. The molecule has 0 radical (unpaired) electrons. The summed E-state index contributed by atoms with van der Waals surface area (Å²) in [5, 5.41) is 2.97. The highest BCUT2D eigenvalue weighted by atomic mass is 32.2. The third-order valence-electron chi connectivity index (χ3n) is 2.82. The van der Waals surface area contributed by atoms with Crippen molar-refractivity contribution >= 4 is 10.0 Å². The molecule has 0 unspecified atom stereocenters. The molecule has 0 saturated heterocycles. The van der Waals surface area contributed by atoms with Crippen molar-refractivity contribution < 1.29 is 17.9 Å². The van der Waals surface area contributed by atoms with Crippen LogP contribution in [-0.2, 0) is 26.0 Å². The van der Waals surface area contributed by atoms with E-state index in [9.17, 15) is 8.42 Å². The van der Waals surface area contributed by atoms with Crippen LogP contribution < -0.4 is 10.0 Å². The maximum atomic E-state index is 12.3. The summed E-state index contributed by atoms with van der Waals surface area (Å²) >= 11 is 0. The minimum Gasteiger partial charge on any atom is -0.382 e. The molecule has 0 aliphatic carbocycles. The van der Waals surface area contributed by atoms with Gasteiger partial charge in [-0.1, -0.05) is 18.2 Å². The standard InChI is InChI=1S/C14H24N2O4S/c1-15-12-13-6-3-4-7-14(13)21(17,18)16-8-5-9-20-11-10-19-2/h3-4,6-7,15-16H,5,8-12H2,1-2H3. The van der Waals surface area contributed by atoms with Gasteiger partial charge in [0.25, 0.3) is 0 Å². The predicted molar refractivity (Wildman–Crippen MR) is 81.7 cm³/mol. The molecule has 6 nitrogen and oxygen atoms in total. The number of hydrogen-bond acceptors (Lipinski definition) is 5. The number of methoxy groups -OCH3 is 1. The Labute approximate surface area is 126 Å². The Hall–Kier alpha value is -0.990. The molecule has 1 aromatic carbocycles. The highest BCUT2D eigenvalue weighted by molar-refractivity contribution is 7.89. The van der Waals surface area contributed by atoms with E-state index in [1.54, 1.807) is 32.4 Å². The van der Waals surface area contributed by atoms with Gasteiger partial charge in [-0.15, -0.1) is 0 Å². The van der Waals surface area contributed by atoms with Gasteiger partial charge in [0.1, 0.15) is 0 Å². The van der Waals surface area contributed by atoms with E-state index in [1.807, 2.05) is 6.07 Å². The molecule has 0 aliphatic heterocycles. The molecule has 0 aromatic heterocycles. The topological polar surface area (TPSA) is 76.7 Å². The number of rotatable bonds is 11. The molecule has 120 valence electrons. The highest BCUT2D eigenvalue weighted by Gasteiger charge is 2.16. The van der Waals surface area contributed by atoms with Crippen molar-refractivity contribution in [1.82, 2.24) is 10.0 Å². The lowest BCUT2D eigenvalue weighted by Crippen LogP contribution is -2.27. The summed E-state index contributed by atoms with van der Waals surface area (Å²) in [7, 11) is -0.0837. The van der Waals surface area contributed by atoms with Gasteiger partial charge < -0.3 is 14.8 Å². The lowest BCUT2D eigenvalue weighted by Gasteiger charge is -2.11. The Morgan fingerprint density at radius 2 is 1.90 bits per heavy atom. The largest absolute Gasteiger partial charge is 0.382 e. The molecule has 0 heterocycles. The van der Waals surface area contributed by atoms with E-state index in [0.717, 1.165) is 5.56 Å². The fourth-order valence-electron chi connectivity index (χ4n) is 1.81. The molecular formula is C14H24N2O4S. The van der Waals surface area contributed by atoms with Crippen LogP contribution in [0, 0.1) is 0 Å². The first-order valence-corrected chi connectivity index (χ1v) is 8.39. The van der Waals surface area contributed by atoms with Crippen molar-refractivity contribution in [1.29, 1.82) is 0 Å². The van der Waals surface area contributed by atoms with E-state index in [-0.39, 0.29) is 0 Å². The van der Waals surface area contributed by atoms with E-state index in [2.05, 4.69) is 10.0 Å². The number of benzene rings is 1. The summed E-state index contributed by atoms with van der Waals surface area (Å²) in [6.07, 6.45) is 0.622. The number of ether oxygens (including phenoxy) is 2. The third-order valence-corrected chi connectivity index (χ3v) is 4.38. The molecule has 0 aliphatic rings. The zero-order chi connectivity index (χ0) is 15.6. The predicted octanol–water partition coefficient (Wildman–Crippen LogP) is 0.737. The Morgan fingerprint density at radius 3 is 2.62 bits per heavy atom. The first kappa shape index (κ1) is 18.1. The third kappa shape index (κ3) is 6.54. The smallest absolute Gasteiger partial charge is 0.240 e.